The molecule has 1 fully saturated rings. The van der Waals surface area contributed by atoms with Crippen LogP contribution >= 0.6 is 0 Å². The highest BCUT2D eigenvalue weighted by atomic mass is 16.4. The maximum Gasteiger partial charge on any atom is 0.323 e. The van der Waals surface area contributed by atoms with E-state index in [2.05, 4.69) is 10.1 Å². The number of hydrogen-bond acceptors (Lipinski definition) is 4. The average molecular weight is 316 g/mol. The third-order valence-corrected chi connectivity index (χ3v) is 3.97. The number of fused-ring (bicyclic) bond motifs is 1. The maximum atomic E-state index is 12.9. The van der Waals surface area contributed by atoms with Crippen LogP contribution in [0.4, 0.5) is 0 Å². The molecule has 23 heavy (non-hydrogen) atoms. The Bertz CT molecular complexity index is 777. The highest BCUT2D eigenvalue weighted by molar-refractivity contribution is 6.06. The molecule has 1 aliphatic carbocycles. The number of aromatic nitrogens is 3. The Balaban J connectivity index is 2.07. The lowest BCUT2D eigenvalue weighted by Gasteiger charge is -2.20. The summed E-state index contributed by atoms with van der Waals surface area (Å²) < 4.78 is 1.78. The summed E-state index contributed by atoms with van der Waals surface area (Å²) in [5.74, 6) is -1.25. The zero-order valence-corrected chi connectivity index (χ0v) is 13.5. The van der Waals surface area contributed by atoms with Crippen LogP contribution in [-0.4, -0.2) is 49.2 Å². The molecule has 1 aliphatic rings. The fourth-order valence-corrected chi connectivity index (χ4v) is 2.75. The molecular weight excluding hydrogens is 296 g/mol. The number of pyridine rings is 1. The lowest BCUT2D eigenvalue weighted by molar-refractivity contribution is -0.137. The summed E-state index contributed by atoms with van der Waals surface area (Å²) in [6.45, 7) is 5.55. The van der Waals surface area contributed by atoms with Gasteiger partial charge in [-0.15, -0.1) is 0 Å². The van der Waals surface area contributed by atoms with Crippen LogP contribution in [0.15, 0.2) is 12.3 Å². The van der Waals surface area contributed by atoms with Crippen molar-refractivity contribution in [3.05, 3.63) is 23.5 Å². The first-order valence-corrected chi connectivity index (χ1v) is 7.76. The maximum absolute atomic E-state index is 12.9. The monoisotopic (exact) mass is 316 g/mol. The van der Waals surface area contributed by atoms with Gasteiger partial charge < -0.3 is 10.0 Å². The molecule has 7 heteroatoms. The van der Waals surface area contributed by atoms with Gasteiger partial charge in [-0.3, -0.25) is 9.59 Å². The van der Waals surface area contributed by atoms with Crippen molar-refractivity contribution in [3.8, 4) is 0 Å². The van der Waals surface area contributed by atoms with Crippen LogP contribution in [-0.2, 0) is 4.79 Å². The van der Waals surface area contributed by atoms with Crippen molar-refractivity contribution in [2.75, 3.05) is 6.54 Å². The summed E-state index contributed by atoms with van der Waals surface area (Å²) in [6.07, 6.45) is 3.36. The van der Waals surface area contributed by atoms with Crippen molar-refractivity contribution >= 4 is 22.9 Å². The van der Waals surface area contributed by atoms with E-state index in [-0.39, 0.29) is 24.5 Å². The van der Waals surface area contributed by atoms with Crippen molar-refractivity contribution in [2.45, 2.75) is 45.7 Å². The molecule has 1 saturated carbocycles. The van der Waals surface area contributed by atoms with Crippen LogP contribution in [0.3, 0.4) is 0 Å². The summed E-state index contributed by atoms with van der Waals surface area (Å²) in [7, 11) is 0. The minimum atomic E-state index is -0.995. The summed E-state index contributed by atoms with van der Waals surface area (Å²) >= 11 is 0. The Morgan fingerprint density at radius 3 is 2.70 bits per heavy atom. The van der Waals surface area contributed by atoms with Crippen molar-refractivity contribution < 1.29 is 14.7 Å². The summed E-state index contributed by atoms with van der Waals surface area (Å²) in [4.78, 5) is 29.9. The molecule has 0 aliphatic heterocycles. The first kappa shape index (κ1) is 15.5. The van der Waals surface area contributed by atoms with Gasteiger partial charge in [0.05, 0.1) is 17.1 Å². The quantitative estimate of drug-likeness (QED) is 0.911. The number of aliphatic carboxylic acids is 1. The van der Waals surface area contributed by atoms with Gasteiger partial charge in [-0.2, -0.15) is 5.10 Å². The zero-order valence-electron chi connectivity index (χ0n) is 13.5. The van der Waals surface area contributed by atoms with E-state index in [1.54, 1.807) is 16.9 Å². The molecule has 2 heterocycles. The molecule has 2 aromatic heterocycles. The molecule has 0 unspecified atom stereocenters. The van der Waals surface area contributed by atoms with Crippen LogP contribution in [0, 0.1) is 6.92 Å². The van der Waals surface area contributed by atoms with Gasteiger partial charge in [-0.1, -0.05) is 0 Å². The number of aryl methyl sites for hydroxylation is 1. The molecule has 0 radical (unpaired) electrons. The molecule has 2 aromatic rings. The summed E-state index contributed by atoms with van der Waals surface area (Å²) in [6, 6.07) is 1.87. The molecule has 1 N–H and O–H groups in total. The van der Waals surface area contributed by atoms with Crippen LogP contribution in [0.5, 0.6) is 0 Å². The average Bonchev–Trinajstić information content (AvgIpc) is 3.22. The van der Waals surface area contributed by atoms with Crippen molar-refractivity contribution in [3.63, 3.8) is 0 Å². The Labute approximate surface area is 133 Å². The van der Waals surface area contributed by atoms with Crippen molar-refractivity contribution in [2.24, 2.45) is 0 Å². The third kappa shape index (κ3) is 2.91. The molecule has 1 amide bonds. The number of carbonyl (C=O) groups is 2. The zero-order chi connectivity index (χ0) is 16.7. The second kappa shape index (κ2) is 5.64. The standard InChI is InChI=1S/C16H20N4O3/c1-9(2)20-15-13(7-17-20)12(6-10(3)18-15)16(23)19(8-14(21)22)11-4-5-11/h6-7,9,11H,4-5,8H2,1-3H3,(H,21,22). The first-order valence-electron chi connectivity index (χ1n) is 7.76. The lowest BCUT2D eigenvalue weighted by atomic mass is 10.1. The fraction of sp³-hybridized carbons (Fsp3) is 0.500. The molecule has 0 saturated heterocycles. The van der Waals surface area contributed by atoms with E-state index in [0.717, 1.165) is 12.8 Å². The summed E-state index contributed by atoms with van der Waals surface area (Å²) in [5.41, 5.74) is 1.86. The van der Waals surface area contributed by atoms with Gasteiger partial charge in [-0.25, -0.2) is 9.67 Å². The number of hydrogen-bond donors (Lipinski definition) is 1. The smallest absolute Gasteiger partial charge is 0.323 e. The number of amides is 1. The molecule has 0 atom stereocenters. The Hall–Kier alpha value is -2.44. The molecule has 0 spiro atoms. The minimum absolute atomic E-state index is 0.0299. The van der Waals surface area contributed by atoms with E-state index in [9.17, 15) is 9.59 Å². The predicted octanol–water partition coefficient (Wildman–Crippen LogP) is 2.01. The topological polar surface area (TPSA) is 88.3 Å². The lowest BCUT2D eigenvalue weighted by Crippen LogP contribution is -2.37. The Morgan fingerprint density at radius 2 is 2.13 bits per heavy atom. The van der Waals surface area contributed by atoms with E-state index in [4.69, 9.17) is 5.11 Å². The van der Waals surface area contributed by atoms with Gasteiger partial charge in [-0.05, 0) is 39.7 Å². The van der Waals surface area contributed by atoms with Gasteiger partial charge in [0, 0.05) is 17.8 Å². The number of carbonyl (C=O) groups excluding carboxylic acids is 1. The molecular formula is C16H20N4O3. The molecule has 122 valence electrons. The van der Waals surface area contributed by atoms with Gasteiger partial charge in [0.2, 0.25) is 0 Å². The van der Waals surface area contributed by atoms with Crippen LogP contribution in [0.1, 0.15) is 48.8 Å². The minimum Gasteiger partial charge on any atom is -0.480 e. The number of carboxylic acid groups (broad SMARTS) is 1. The van der Waals surface area contributed by atoms with Gasteiger partial charge in [0.1, 0.15) is 6.54 Å². The highest BCUT2D eigenvalue weighted by Gasteiger charge is 2.35. The Kier molecular flexibility index (Phi) is 3.79. The largest absolute Gasteiger partial charge is 0.480 e. The van der Waals surface area contributed by atoms with Gasteiger partial charge >= 0.3 is 5.97 Å². The van der Waals surface area contributed by atoms with Crippen LogP contribution in [0.25, 0.3) is 11.0 Å². The van der Waals surface area contributed by atoms with E-state index < -0.39 is 5.97 Å². The summed E-state index contributed by atoms with van der Waals surface area (Å²) in [5, 5.41) is 14.1. The Morgan fingerprint density at radius 1 is 1.43 bits per heavy atom. The third-order valence-electron chi connectivity index (χ3n) is 3.97. The number of carboxylic acids is 1. The molecule has 0 aromatic carbocycles. The van der Waals surface area contributed by atoms with Gasteiger partial charge in [0.25, 0.3) is 5.91 Å². The predicted molar refractivity (Wildman–Crippen MR) is 84.3 cm³/mol. The fourth-order valence-electron chi connectivity index (χ4n) is 2.75. The second-order valence-electron chi connectivity index (χ2n) is 6.29. The van der Waals surface area contributed by atoms with Crippen LogP contribution in [0.2, 0.25) is 0 Å². The van der Waals surface area contributed by atoms with E-state index in [1.807, 2.05) is 20.8 Å². The highest BCUT2D eigenvalue weighted by Crippen LogP contribution is 2.30. The van der Waals surface area contributed by atoms with E-state index >= 15 is 0 Å². The molecule has 3 rings (SSSR count). The van der Waals surface area contributed by atoms with Crippen molar-refractivity contribution in [1.82, 2.24) is 19.7 Å². The molecule has 7 nitrogen and oxygen atoms in total. The van der Waals surface area contributed by atoms with E-state index in [0.29, 0.717) is 22.3 Å². The number of nitrogens with zero attached hydrogens (tertiary/aromatic N) is 4. The van der Waals surface area contributed by atoms with Gasteiger partial charge in [0.15, 0.2) is 5.65 Å². The molecule has 0 bridgehead atoms. The van der Waals surface area contributed by atoms with E-state index in [1.165, 1.54) is 4.90 Å². The first-order chi connectivity index (χ1) is 10.9. The number of rotatable bonds is 5. The van der Waals surface area contributed by atoms with Crippen LogP contribution < -0.4 is 0 Å². The normalized spacial score (nSPS) is 14.4. The second-order valence-corrected chi connectivity index (χ2v) is 6.29. The van der Waals surface area contributed by atoms with Crippen molar-refractivity contribution in [1.29, 1.82) is 0 Å². The SMILES string of the molecule is Cc1cc(C(=O)N(CC(=O)O)C2CC2)c2cnn(C(C)C)c2n1.